The molecule has 0 radical (unpaired) electrons. The summed E-state index contributed by atoms with van der Waals surface area (Å²) in [4.78, 5) is 48.2. The third kappa shape index (κ3) is 4.21. The maximum absolute atomic E-state index is 12.5. The van der Waals surface area contributed by atoms with Crippen molar-refractivity contribution >= 4 is 23.9 Å². The molecule has 0 bridgehead atoms. The second kappa shape index (κ2) is 9.45. The van der Waals surface area contributed by atoms with Crippen LogP contribution in [0.5, 0.6) is 0 Å². The van der Waals surface area contributed by atoms with Crippen molar-refractivity contribution < 1.29 is 38.5 Å². The summed E-state index contributed by atoms with van der Waals surface area (Å²) in [6, 6.07) is 0. The van der Waals surface area contributed by atoms with E-state index >= 15 is 0 Å². The first-order valence-corrected chi connectivity index (χ1v) is 15.3. The van der Waals surface area contributed by atoms with Crippen LogP contribution in [0.15, 0.2) is 0 Å². The lowest BCUT2D eigenvalue weighted by atomic mass is 9.35. The first kappa shape index (κ1) is 29.4. The molecule has 1 saturated heterocycles. The highest BCUT2D eigenvalue weighted by molar-refractivity contribution is 5.90. The summed E-state index contributed by atoms with van der Waals surface area (Å²) in [7, 11) is 0. The Morgan fingerprint density at radius 1 is 0.900 bits per heavy atom. The number of cyclic esters (lactones) is 1. The normalized spacial score (nSPS) is 47.3. The summed E-state index contributed by atoms with van der Waals surface area (Å²) in [5.41, 5.74) is -0.971. The van der Waals surface area contributed by atoms with E-state index in [-0.39, 0.29) is 63.6 Å². The van der Waals surface area contributed by atoms with Gasteiger partial charge in [-0.2, -0.15) is 0 Å². The third-order valence-electron chi connectivity index (χ3n) is 13.1. The lowest BCUT2D eigenvalue weighted by molar-refractivity contribution is -0.252. The molecule has 0 aromatic heterocycles. The molecule has 224 valence electrons. The number of esters is 3. The van der Waals surface area contributed by atoms with Crippen molar-refractivity contribution in [3.63, 3.8) is 0 Å². The number of ether oxygens (including phenoxy) is 3. The molecule has 4 aliphatic carbocycles. The van der Waals surface area contributed by atoms with Crippen molar-refractivity contribution in [2.24, 2.45) is 45.3 Å². The van der Waals surface area contributed by atoms with Crippen LogP contribution in [0, 0.1) is 45.3 Å². The van der Waals surface area contributed by atoms with Gasteiger partial charge in [0.05, 0.1) is 0 Å². The highest BCUT2D eigenvalue weighted by Gasteiger charge is 2.72. The van der Waals surface area contributed by atoms with E-state index in [1.165, 1.54) is 6.92 Å². The van der Waals surface area contributed by atoms with Gasteiger partial charge in [-0.1, -0.05) is 34.6 Å². The number of fused-ring (bicyclic) bond motifs is 5. The maximum atomic E-state index is 12.5. The van der Waals surface area contributed by atoms with E-state index in [0.29, 0.717) is 25.2 Å². The fourth-order valence-electron chi connectivity index (χ4n) is 11.2. The van der Waals surface area contributed by atoms with E-state index in [2.05, 4.69) is 41.5 Å². The van der Waals surface area contributed by atoms with Gasteiger partial charge in [0.25, 0.3) is 0 Å². The Bertz CT molecular complexity index is 1100. The quantitative estimate of drug-likeness (QED) is 0.259. The van der Waals surface area contributed by atoms with Gasteiger partial charge in [0.15, 0.2) is 0 Å². The summed E-state index contributed by atoms with van der Waals surface area (Å²) in [5.74, 6) is -1.38. The molecule has 5 fully saturated rings. The van der Waals surface area contributed by atoms with Crippen LogP contribution in [-0.4, -0.2) is 46.8 Å². The first-order valence-electron chi connectivity index (χ1n) is 15.3. The topological polar surface area (TPSA) is 116 Å². The number of carboxylic acid groups (broad SMARTS) is 1. The number of carbonyl (C=O) groups is 4. The van der Waals surface area contributed by atoms with Crippen LogP contribution in [0.25, 0.3) is 0 Å². The molecule has 10 atom stereocenters. The molecule has 0 amide bonds. The van der Waals surface area contributed by atoms with E-state index in [4.69, 9.17) is 19.3 Å². The Balaban J connectivity index is 1.49. The van der Waals surface area contributed by atoms with Crippen LogP contribution in [0.4, 0.5) is 0 Å². The average Bonchev–Trinajstić information content (AvgIpc) is 3.37. The molecule has 8 nitrogen and oxygen atoms in total. The largest absolute Gasteiger partial charge is 0.481 e. The minimum absolute atomic E-state index is 0.0101. The smallest absolute Gasteiger partial charge is 0.317 e. The number of carboxylic acids is 1. The fraction of sp³-hybridized carbons (Fsp3) is 0.875. The van der Waals surface area contributed by atoms with Crippen molar-refractivity contribution in [1.29, 1.82) is 0 Å². The standard InChI is InChI=1S/C32H48O8/c1-18(33)38-20-16-22-29(4)12-10-23(39-26(37)17-24(34)35)28(2,3)21(29)9-14-30(22,5)31(6)13-8-19(27(20)31)32(7)15-11-25(36)40-32/h19-23,27H,8-17H2,1-7H3,(H,34,35)/t19-,20+,21+,22-,23+,27-,29-,30+,31+,32+/m1/s1. The number of aliphatic carboxylic acids is 1. The Labute approximate surface area is 238 Å². The van der Waals surface area contributed by atoms with Gasteiger partial charge in [-0.05, 0) is 86.4 Å². The van der Waals surface area contributed by atoms with Gasteiger partial charge >= 0.3 is 23.9 Å². The van der Waals surface area contributed by atoms with E-state index in [1.807, 2.05) is 0 Å². The zero-order valence-electron chi connectivity index (χ0n) is 25.3. The highest BCUT2D eigenvalue weighted by atomic mass is 16.6. The monoisotopic (exact) mass is 560 g/mol. The van der Waals surface area contributed by atoms with Crippen LogP contribution in [0.2, 0.25) is 0 Å². The number of hydrogen-bond acceptors (Lipinski definition) is 7. The zero-order valence-corrected chi connectivity index (χ0v) is 25.3. The Hall–Kier alpha value is -2.12. The fourth-order valence-corrected chi connectivity index (χ4v) is 11.2. The van der Waals surface area contributed by atoms with Gasteiger partial charge in [0.2, 0.25) is 0 Å². The minimum Gasteiger partial charge on any atom is -0.481 e. The highest BCUT2D eigenvalue weighted by Crippen LogP contribution is 2.76. The first-order chi connectivity index (χ1) is 18.5. The summed E-state index contributed by atoms with van der Waals surface area (Å²) in [5, 5.41) is 9.07. The molecular weight excluding hydrogens is 512 g/mol. The van der Waals surface area contributed by atoms with E-state index < -0.39 is 24.0 Å². The van der Waals surface area contributed by atoms with Gasteiger partial charge in [-0.25, -0.2) is 0 Å². The van der Waals surface area contributed by atoms with E-state index in [1.54, 1.807) is 0 Å². The van der Waals surface area contributed by atoms with Crippen LogP contribution in [-0.2, 0) is 33.4 Å². The SMILES string of the molecule is CC(=O)O[C@H]1C[C@@H]2[C@]3(C)CC[C@H](OC(=O)CC(=O)O)C(C)(C)[C@@H]3CC[C@]2(C)[C@@]2(C)CC[C@@H]([C@]3(C)CCC(=O)O3)[C@H]12. The molecule has 5 rings (SSSR count). The zero-order chi connectivity index (χ0) is 29.5. The summed E-state index contributed by atoms with van der Waals surface area (Å²) in [6.45, 7) is 15.2. The lowest BCUT2D eigenvalue weighted by Gasteiger charge is -2.70. The predicted octanol–water partition coefficient (Wildman–Crippen LogP) is 5.70. The van der Waals surface area contributed by atoms with Gasteiger partial charge in [0, 0.05) is 30.6 Å². The lowest BCUT2D eigenvalue weighted by Crippen LogP contribution is -2.67. The molecule has 4 saturated carbocycles. The number of hydrogen-bond donors (Lipinski definition) is 1. The Kier molecular flexibility index (Phi) is 6.94. The number of rotatable bonds is 5. The van der Waals surface area contributed by atoms with Crippen molar-refractivity contribution in [3.8, 4) is 0 Å². The average molecular weight is 561 g/mol. The molecule has 1 aliphatic heterocycles. The van der Waals surface area contributed by atoms with Crippen molar-refractivity contribution in [1.82, 2.24) is 0 Å². The van der Waals surface area contributed by atoms with E-state index in [9.17, 15) is 19.2 Å². The summed E-state index contributed by atoms with van der Waals surface area (Å²) in [6.07, 6.45) is 6.32. The van der Waals surface area contributed by atoms with Crippen molar-refractivity contribution in [2.75, 3.05) is 0 Å². The van der Waals surface area contributed by atoms with E-state index in [0.717, 1.165) is 38.5 Å². The maximum Gasteiger partial charge on any atom is 0.317 e. The van der Waals surface area contributed by atoms with Crippen LogP contribution in [0.1, 0.15) is 113 Å². The molecular formula is C32H48O8. The molecule has 40 heavy (non-hydrogen) atoms. The second-order valence-corrected chi connectivity index (χ2v) is 15.2. The van der Waals surface area contributed by atoms with Gasteiger partial charge in [0.1, 0.15) is 24.2 Å². The van der Waals surface area contributed by atoms with Crippen LogP contribution in [0.3, 0.4) is 0 Å². The van der Waals surface area contributed by atoms with Crippen LogP contribution >= 0.6 is 0 Å². The molecule has 0 aromatic carbocycles. The number of carbonyl (C=O) groups excluding carboxylic acids is 3. The molecule has 1 heterocycles. The Morgan fingerprint density at radius 2 is 1.57 bits per heavy atom. The van der Waals surface area contributed by atoms with Crippen molar-refractivity contribution in [3.05, 3.63) is 0 Å². The predicted molar refractivity (Wildman–Crippen MR) is 146 cm³/mol. The third-order valence-corrected chi connectivity index (χ3v) is 13.1. The van der Waals surface area contributed by atoms with Gasteiger partial charge in [-0.3, -0.25) is 19.2 Å². The van der Waals surface area contributed by atoms with Gasteiger partial charge < -0.3 is 19.3 Å². The molecule has 8 heteroatoms. The second-order valence-electron chi connectivity index (χ2n) is 15.2. The van der Waals surface area contributed by atoms with Crippen LogP contribution < -0.4 is 0 Å². The molecule has 0 spiro atoms. The molecule has 0 aromatic rings. The van der Waals surface area contributed by atoms with Crippen molar-refractivity contribution in [2.45, 2.75) is 130 Å². The molecule has 5 aliphatic rings. The molecule has 0 unspecified atom stereocenters. The Morgan fingerprint density at radius 3 is 2.17 bits per heavy atom. The van der Waals surface area contributed by atoms with Gasteiger partial charge in [-0.15, -0.1) is 0 Å². The minimum atomic E-state index is -1.17. The summed E-state index contributed by atoms with van der Waals surface area (Å²) >= 11 is 0. The molecule has 1 N–H and O–H groups in total. The summed E-state index contributed by atoms with van der Waals surface area (Å²) < 4.78 is 18.0.